The van der Waals surface area contributed by atoms with E-state index in [9.17, 15) is 4.79 Å². The SMILES string of the molecule is COCCn1c(CNC(=O)COC)nc2ccccc21. The summed E-state index contributed by atoms with van der Waals surface area (Å²) in [5.41, 5.74) is 1.96. The fraction of sp³-hybridized carbons (Fsp3) is 0.429. The van der Waals surface area contributed by atoms with E-state index in [0.717, 1.165) is 16.9 Å². The van der Waals surface area contributed by atoms with Gasteiger partial charge in [-0.3, -0.25) is 4.79 Å². The number of rotatable bonds is 7. The number of para-hydroxylation sites is 2. The van der Waals surface area contributed by atoms with Crippen LogP contribution in [0.5, 0.6) is 0 Å². The molecule has 0 aliphatic heterocycles. The highest BCUT2D eigenvalue weighted by molar-refractivity contribution is 5.78. The highest BCUT2D eigenvalue weighted by atomic mass is 16.5. The number of carbonyl (C=O) groups excluding carboxylic acids is 1. The number of aromatic nitrogens is 2. The van der Waals surface area contributed by atoms with Crippen LogP contribution in [0.2, 0.25) is 0 Å². The third-order valence-corrected chi connectivity index (χ3v) is 2.97. The number of carbonyl (C=O) groups is 1. The minimum Gasteiger partial charge on any atom is -0.383 e. The molecule has 1 N–H and O–H groups in total. The van der Waals surface area contributed by atoms with Crippen LogP contribution in [0.4, 0.5) is 0 Å². The molecule has 1 aromatic heterocycles. The van der Waals surface area contributed by atoms with Gasteiger partial charge in [-0.2, -0.15) is 0 Å². The first-order valence-corrected chi connectivity index (χ1v) is 6.45. The predicted molar refractivity (Wildman–Crippen MR) is 75.3 cm³/mol. The van der Waals surface area contributed by atoms with Crippen LogP contribution in [-0.2, 0) is 27.4 Å². The number of methoxy groups -OCH3 is 2. The average Bonchev–Trinajstić information content (AvgIpc) is 2.81. The molecule has 108 valence electrons. The van der Waals surface area contributed by atoms with E-state index in [2.05, 4.69) is 14.9 Å². The second-order valence-corrected chi connectivity index (χ2v) is 4.37. The van der Waals surface area contributed by atoms with Gasteiger partial charge in [-0.15, -0.1) is 0 Å². The second kappa shape index (κ2) is 7.02. The Bertz CT molecular complexity index is 580. The fourth-order valence-corrected chi connectivity index (χ4v) is 2.05. The number of nitrogens with one attached hydrogen (secondary N) is 1. The predicted octanol–water partition coefficient (Wildman–Crippen LogP) is 0.945. The minimum absolute atomic E-state index is 0.0539. The van der Waals surface area contributed by atoms with Crippen LogP contribution < -0.4 is 5.32 Å². The number of nitrogens with zero attached hydrogens (tertiary/aromatic N) is 2. The second-order valence-electron chi connectivity index (χ2n) is 4.37. The highest BCUT2D eigenvalue weighted by Crippen LogP contribution is 2.15. The molecule has 2 aromatic rings. The first-order valence-electron chi connectivity index (χ1n) is 6.45. The van der Waals surface area contributed by atoms with Gasteiger partial charge in [0.15, 0.2) is 0 Å². The summed E-state index contributed by atoms with van der Waals surface area (Å²) in [6.45, 7) is 1.73. The molecule has 0 aliphatic rings. The lowest BCUT2D eigenvalue weighted by molar-refractivity contribution is -0.124. The Hall–Kier alpha value is -1.92. The van der Waals surface area contributed by atoms with Gasteiger partial charge in [0.1, 0.15) is 12.4 Å². The molecule has 6 heteroatoms. The molecule has 0 saturated heterocycles. The summed E-state index contributed by atoms with van der Waals surface area (Å²) in [5.74, 6) is 0.658. The molecule has 0 aliphatic carbocycles. The average molecular weight is 277 g/mol. The van der Waals surface area contributed by atoms with Gasteiger partial charge in [0.2, 0.25) is 5.91 Å². The van der Waals surface area contributed by atoms with Crippen molar-refractivity contribution in [2.24, 2.45) is 0 Å². The van der Waals surface area contributed by atoms with Gasteiger partial charge in [0, 0.05) is 20.8 Å². The smallest absolute Gasteiger partial charge is 0.246 e. The number of amides is 1. The third kappa shape index (κ3) is 3.34. The molecule has 0 spiro atoms. The summed E-state index contributed by atoms with van der Waals surface area (Å²) < 4.78 is 12.0. The molecule has 6 nitrogen and oxygen atoms in total. The molecule has 2 rings (SSSR count). The Morgan fingerprint density at radius 2 is 2.10 bits per heavy atom. The van der Waals surface area contributed by atoms with Crippen molar-refractivity contribution < 1.29 is 14.3 Å². The molecule has 1 aromatic carbocycles. The summed E-state index contributed by atoms with van der Waals surface area (Å²) >= 11 is 0. The summed E-state index contributed by atoms with van der Waals surface area (Å²) in [7, 11) is 3.16. The van der Waals surface area contributed by atoms with Gasteiger partial charge in [0.25, 0.3) is 0 Å². The van der Waals surface area contributed by atoms with Crippen molar-refractivity contribution in [3.8, 4) is 0 Å². The van der Waals surface area contributed by atoms with Crippen molar-refractivity contribution >= 4 is 16.9 Å². The molecule has 0 radical (unpaired) electrons. The van der Waals surface area contributed by atoms with Gasteiger partial charge in [-0.05, 0) is 12.1 Å². The number of fused-ring (bicyclic) bond motifs is 1. The minimum atomic E-state index is -0.155. The molecule has 0 atom stereocenters. The zero-order valence-corrected chi connectivity index (χ0v) is 11.8. The van der Waals surface area contributed by atoms with Crippen molar-refractivity contribution in [1.29, 1.82) is 0 Å². The van der Waals surface area contributed by atoms with Crippen LogP contribution in [0, 0.1) is 0 Å². The summed E-state index contributed by atoms with van der Waals surface area (Å²) in [4.78, 5) is 16.0. The Labute approximate surface area is 117 Å². The van der Waals surface area contributed by atoms with E-state index in [1.54, 1.807) is 7.11 Å². The number of hydrogen-bond acceptors (Lipinski definition) is 4. The highest BCUT2D eigenvalue weighted by Gasteiger charge is 2.11. The fourth-order valence-electron chi connectivity index (χ4n) is 2.05. The molecule has 0 bridgehead atoms. The van der Waals surface area contributed by atoms with E-state index in [1.807, 2.05) is 24.3 Å². The zero-order valence-electron chi connectivity index (χ0n) is 11.8. The van der Waals surface area contributed by atoms with Crippen LogP contribution >= 0.6 is 0 Å². The molecular weight excluding hydrogens is 258 g/mol. The van der Waals surface area contributed by atoms with Gasteiger partial charge >= 0.3 is 0 Å². The summed E-state index contributed by atoms with van der Waals surface area (Å²) in [6, 6.07) is 7.89. The third-order valence-electron chi connectivity index (χ3n) is 2.97. The maximum atomic E-state index is 11.5. The zero-order chi connectivity index (χ0) is 14.4. The quantitative estimate of drug-likeness (QED) is 0.818. The number of hydrogen-bond donors (Lipinski definition) is 1. The lowest BCUT2D eigenvalue weighted by Crippen LogP contribution is -2.28. The summed E-state index contributed by atoms with van der Waals surface area (Å²) in [5, 5.41) is 2.79. The number of benzene rings is 1. The molecule has 0 saturated carbocycles. The largest absolute Gasteiger partial charge is 0.383 e. The molecule has 0 unspecified atom stereocenters. The normalized spacial score (nSPS) is 10.9. The van der Waals surface area contributed by atoms with E-state index in [0.29, 0.717) is 19.7 Å². The molecule has 1 heterocycles. The Morgan fingerprint density at radius 3 is 2.85 bits per heavy atom. The Balaban J connectivity index is 2.19. The van der Waals surface area contributed by atoms with Gasteiger partial charge in [0.05, 0.1) is 24.2 Å². The van der Waals surface area contributed by atoms with Crippen molar-refractivity contribution in [3.05, 3.63) is 30.1 Å². The first kappa shape index (κ1) is 14.5. The monoisotopic (exact) mass is 277 g/mol. The van der Waals surface area contributed by atoms with E-state index < -0.39 is 0 Å². The van der Waals surface area contributed by atoms with E-state index in [1.165, 1.54) is 7.11 Å². The number of ether oxygens (including phenoxy) is 2. The van der Waals surface area contributed by atoms with Crippen molar-refractivity contribution in [1.82, 2.24) is 14.9 Å². The maximum Gasteiger partial charge on any atom is 0.246 e. The number of imidazole rings is 1. The van der Waals surface area contributed by atoms with Crippen molar-refractivity contribution in [3.63, 3.8) is 0 Å². The van der Waals surface area contributed by atoms with Crippen LogP contribution in [0.1, 0.15) is 5.82 Å². The van der Waals surface area contributed by atoms with Gasteiger partial charge in [-0.25, -0.2) is 4.98 Å². The maximum absolute atomic E-state index is 11.5. The van der Waals surface area contributed by atoms with E-state index in [4.69, 9.17) is 9.47 Å². The van der Waals surface area contributed by atoms with E-state index >= 15 is 0 Å². The standard InChI is InChI=1S/C14H19N3O3/c1-19-8-7-17-12-6-4-3-5-11(12)16-13(17)9-15-14(18)10-20-2/h3-6H,7-10H2,1-2H3,(H,15,18). The van der Waals surface area contributed by atoms with Crippen molar-refractivity contribution in [2.75, 3.05) is 27.4 Å². The Kier molecular flexibility index (Phi) is 5.09. The van der Waals surface area contributed by atoms with Crippen molar-refractivity contribution in [2.45, 2.75) is 13.1 Å². The van der Waals surface area contributed by atoms with Gasteiger partial charge < -0.3 is 19.4 Å². The lowest BCUT2D eigenvalue weighted by Gasteiger charge is -2.09. The molecule has 1 amide bonds. The molecular formula is C14H19N3O3. The van der Waals surface area contributed by atoms with Gasteiger partial charge in [-0.1, -0.05) is 12.1 Å². The molecule has 0 fully saturated rings. The van der Waals surface area contributed by atoms with E-state index in [-0.39, 0.29) is 12.5 Å². The molecule has 20 heavy (non-hydrogen) atoms. The first-order chi connectivity index (χ1) is 9.76. The lowest BCUT2D eigenvalue weighted by atomic mass is 10.3. The van der Waals surface area contributed by atoms with Crippen LogP contribution in [0.15, 0.2) is 24.3 Å². The topological polar surface area (TPSA) is 65.4 Å². The van der Waals surface area contributed by atoms with Crippen LogP contribution in [0.3, 0.4) is 0 Å². The van der Waals surface area contributed by atoms with Crippen LogP contribution in [0.25, 0.3) is 11.0 Å². The van der Waals surface area contributed by atoms with Crippen LogP contribution in [-0.4, -0.2) is 42.9 Å². The Morgan fingerprint density at radius 1 is 1.30 bits per heavy atom. The summed E-state index contributed by atoms with van der Waals surface area (Å²) in [6.07, 6.45) is 0.